The molecule has 0 spiro atoms. The first-order valence-corrected chi connectivity index (χ1v) is 13.3. The number of aromatic nitrogens is 2. The lowest BCUT2D eigenvalue weighted by atomic mass is 9.88. The number of fused-ring (bicyclic) bond motifs is 1. The van der Waals surface area contributed by atoms with Gasteiger partial charge >= 0.3 is 0 Å². The average molecular weight is 484 g/mol. The van der Waals surface area contributed by atoms with Crippen molar-refractivity contribution in [2.45, 2.75) is 71.1 Å². The highest BCUT2D eigenvalue weighted by molar-refractivity contribution is 5.96. The smallest absolute Gasteiger partial charge is 0.253 e. The molecule has 0 saturated carbocycles. The van der Waals surface area contributed by atoms with E-state index in [1.807, 2.05) is 26.1 Å². The van der Waals surface area contributed by atoms with Crippen molar-refractivity contribution in [3.05, 3.63) is 94.1 Å². The third kappa shape index (κ3) is 5.50. The number of pyridine rings is 2. The molecule has 2 N–H and O–H groups in total. The maximum atomic E-state index is 12.8. The van der Waals surface area contributed by atoms with Gasteiger partial charge in [0, 0.05) is 38.1 Å². The normalized spacial score (nSPS) is 19.6. The predicted molar refractivity (Wildman–Crippen MR) is 143 cm³/mol. The molecule has 1 aliphatic carbocycles. The van der Waals surface area contributed by atoms with Gasteiger partial charge in [-0.05, 0) is 86.9 Å². The van der Waals surface area contributed by atoms with Crippen molar-refractivity contribution in [2.75, 3.05) is 13.1 Å². The standard InChI is InChI=1S/C30H37N5O/c1-21-14-17-32-22(2)28(21)30(36)34-18-23-10-12-24(13-11-23)20-35(26-8-5-15-31-19-26)27-9-3-6-25-7-4-16-33-29(25)27/h4,7,10-14,16-17,26-27,31H,3,5-6,8-9,15,18-20H2,1-2H3,(H,34,36). The van der Waals surface area contributed by atoms with Gasteiger partial charge in [-0.1, -0.05) is 30.3 Å². The molecule has 36 heavy (non-hydrogen) atoms. The number of nitrogens with one attached hydrogen (secondary N) is 2. The molecule has 0 bridgehead atoms. The van der Waals surface area contributed by atoms with Gasteiger partial charge in [-0.3, -0.25) is 19.7 Å². The molecule has 3 aromatic rings. The number of hydrogen-bond acceptors (Lipinski definition) is 5. The van der Waals surface area contributed by atoms with Gasteiger partial charge in [-0.15, -0.1) is 0 Å². The van der Waals surface area contributed by atoms with Crippen LogP contribution in [0.2, 0.25) is 0 Å². The van der Waals surface area contributed by atoms with Crippen LogP contribution in [0.5, 0.6) is 0 Å². The highest BCUT2D eigenvalue weighted by Crippen LogP contribution is 2.36. The molecular formula is C30H37N5O. The summed E-state index contributed by atoms with van der Waals surface area (Å²) in [6, 6.07) is 15.8. The molecule has 2 aliphatic rings. The van der Waals surface area contributed by atoms with Crippen molar-refractivity contribution < 1.29 is 4.79 Å². The predicted octanol–water partition coefficient (Wildman–Crippen LogP) is 4.66. The van der Waals surface area contributed by atoms with Crippen molar-refractivity contribution in [3.63, 3.8) is 0 Å². The minimum Gasteiger partial charge on any atom is -0.348 e. The fraction of sp³-hybridized carbons (Fsp3) is 0.433. The Morgan fingerprint density at radius 1 is 1.03 bits per heavy atom. The van der Waals surface area contributed by atoms with Crippen LogP contribution in [-0.4, -0.2) is 39.9 Å². The Kier molecular flexibility index (Phi) is 7.73. The van der Waals surface area contributed by atoms with Crippen molar-refractivity contribution in [1.29, 1.82) is 0 Å². The second-order valence-electron chi connectivity index (χ2n) is 10.2. The summed E-state index contributed by atoms with van der Waals surface area (Å²) < 4.78 is 0. The number of amides is 1. The van der Waals surface area contributed by atoms with Gasteiger partial charge in [0.05, 0.1) is 23.0 Å². The second kappa shape index (κ2) is 11.3. The molecule has 2 aromatic heterocycles. The van der Waals surface area contributed by atoms with Gasteiger partial charge in [0.25, 0.3) is 5.91 Å². The quantitative estimate of drug-likeness (QED) is 0.512. The van der Waals surface area contributed by atoms with E-state index >= 15 is 0 Å². The number of piperidine rings is 1. The van der Waals surface area contributed by atoms with E-state index in [0.29, 0.717) is 24.2 Å². The Labute approximate surface area is 214 Å². The molecular weight excluding hydrogens is 446 g/mol. The fourth-order valence-corrected chi connectivity index (χ4v) is 5.80. The number of rotatable bonds is 7. The number of carbonyl (C=O) groups excluding carboxylic acids is 1. The van der Waals surface area contributed by atoms with Gasteiger partial charge in [0.2, 0.25) is 0 Å². The molecule has 5 rings (SSSR count). The van der Waals surface area contributed by atoms with Crippen molar-refractivity contribution in [1.82, 2.24) is 25.5 Å². The van der Waals surface area contributed by atoms with Crippen LogP contribution < -0.4 is 10.6 Å². The van der Waals surface area contributed by atoms with Crippen molar-refractivity contribution >= 4 is 5.91 Å². The summed E-state index contributed by atoms with van der Waals surface area (Å²) in [6.07, 6.45) is 9.66. The maximum Gasteiger partial charge on any atom is 0.253 e. The van der Waals surface area contributed by atoms with E-state index in [0.717, 1.165) is 49.3 Å². The molecule has 3 heterocycles. The SMILES string of the molecule is Cc1ccnc(C)c1C(=O)NCc1ccc(CN(C2CCCNC2)C2CCCc3cccnc32)cc1. The lowest BCUT2D eigenvalue weighted by molar-refractivity contribution is 0.0893. The highest BCUT2D eigenvalue weighted by Gasteiger charge is 2.32. The van der Waals surface area contributed by atoms with E-state index < -0.39 is 0 Å². The summed E-state index contributed by atoms with van der Waals surface area (Å²) in [5.41, 5.74) is 7.47. The van der Waals surface area contributed by atoms with E-state index in [9.17, 15) is 4.79 Å². The van der Waals surface area contributed by atoms with E-state index in [-0.39, 0.29) is 5.91 Å². The summed E-state index contributed by atoms with van der Waals surface area (Å²) in [6.45, 7) is 7.39. The van der Waals surface area contributed by atoms with Gasteiger partial charge in [-0.2, -0.15) is 0 Å². The van der Waals surface area contributed by atoms with Gasteiger partial charge < -0.3 is 10.6 Å². The molecule has 6 nitrogen and oxygen atoms in total. The minimum absolute atomic E-state index is 0.0680. The van der Waals surface area contributed by atoms with Gasteiger partial charge in [-0.25, -0.2) is 0 Å². The molecule has 2 unspecified atom stereocenters. The Morgan fingerprint density at radius 2 is 1.86 bits per heavy atom. The summed E-state index contributed by atoms with van der Waals surface area (Å²) in [7, 11) is 0. The summed E-state index contributed by atoms with van der Waals surface area (Å²) >= 11 is 0. The van der Waals surface area contributed by atoms with Crippen LogP contribution >= 0.6 is 0 Å². The lowest BCUT2D eigenvalue weighted by Crippen LogP contribution is -2.47. The van der Waals surface area contributed by atoms with Crippen LogP contribution in [0.1, 0.15) is 75.7 Å². The highest BCUT2D eigenvalue weighted by atomic mass is 16.1. The zero-order chi connectivity index (χ0) is 24.9. The van der Waals surface area contributed by atoms with E-state index in [2.05, 4.69) is 56.9 Å². The van der Waals surface area contributed by atoms with Crippen LogP contribution in [0.15, 0.2) is 54.9 Å². The zero-order valence-electron chi connectivity index (χ0n) is 21.5. The monoisotopic (exact) mass is 483 g/mol. The molecule has 188 valence electrons. The summed E-state index contributed by atoms with van der Waals surface area (Å²) in [4.78, 5) is 24.6. The molecule has 1 saturated heterocycles. The van der Waals surface area contributed by atoms with Crippen LogP contribution in [0.4, 0.5) is 0 Å². The minimum atomic E-state index is -0.0680. The van der Waals surface area contributed by atoms with Crippen LogP contribution in [0.3, 0.4) is 0 Å². The molecule has 1 amide bonds. The number of benzene rings is 1. The van der Waals surface area contributed by atoms with Crippen molar-refractivity contribution in [3.8, 4) is 0 Å². The van der Waals surface area contributed by atoms with Crippen molar-refractivity contribution in [2.24, 2.45) is 0 Å². The number of carbonyl (C=O) groups is 1. The fourth-order valence-electron chi connectivity index (χ4n) is 5.80. The Morgan fingerprint density at radius 3 is 2.64 bits per heavy atom. The lowest BCUT2D eigenvalue weighted by Gasteiger charge is -2.42. The summed E-state index contributed by atoms with van der Waals surface area (Å²) in [5, 5.41) is 6.68. The third-order valence-electron chi connectivity index (χ3n) is 7.72. The summed E-state index contributed by atoms with van der Waals surface area (Å²) in [5.74, 6) is -0.0680. The Bertz CT molecular complexity index is 1170. The molecule has 6 heteroatoms. The van der Waals surface area contributed by atoms with E-state index in [1.54, 1.807) is 6.20 Å². The van der Waals surface area contributed by atoms with Crippen LogP contribution in [0, 0.1) is 13.8 Å². The molecule has 1 aromatic carbocycles. The number of nitrogens with zero attached hydrogens (tertiary/aromatic N) is 3. The molecule has 1 fully saturated rings. The van der Waals surface area contributed by atoms with Crippen LogP contribution in [0.25, 0.3) is 0 Å². The van der Waals surface area contributed by atoms with E-state index in [1.165, 1.54) is 36.1 Å². The first-order valence-electron chi connectivity index (χ1n) is 13.3. The first-order chi connectivity index (χ1) is 17.6. The molecule has 2 atom stereocenters. The maximum absolute atomic E-state index is 12.8. The first kappa shape index (κ1) is 24.6. The Balaban J connectivity index is 1.29. The zero-order valence-corrected chi connectivity index (χ0v) is 21.5. The van der Waals surface area contributed by atoms with E-state index in [4.69, 9.17) is 4.98 Å². The molecule has 0 radical (unpaired) electrons. The largest absolute Gasteiger partial charge is 0.348 e. The third-order valence-corrected chi connectivity index (χ3v) is 7.72. The second-order valence-corrected chi connectivity index (χ2v) is 10.2. The number of aryl methyl sites for hydroxylation is 3. The van der Waals surface area contributed by atoms with Gasteiger partial charge in [0.1, 0.15) is 0 Å². The van der Waals surface area contributed by atoms with Gasteiger partial charge in [0.15, 0.2) is 0 Å². The van der Waals surface area contributed by atoms with Crippen LogP contribution in [-0.2, 0) is 19.5 Å². The average Bonchev–Trinajstić information content (AvgIpc) is 2.91. The number of hydrogen-bond donors (Lipinski definition) is 2. The molecule has 1 aliphatic heterocycles. The Hall–Kier alpha value is -3.09. The topological polar surface area (TPSA) is 70.2 Å².